The third kappa shape index (κ3) is 3.62. The molecule has 0 saturated heterocycles. The maximum Gasteiger partial charge on any atom is 0.0501 e. The Kier molecular flexibility index (Phi) is 5.31. The molecular formula is C26H34N2. The predicted molar refractivity (Wildman–Crippen MR) is 120 cm³/mol. The average molecular weight is 375 g/mol. The first-order valence-corrected chi connectivity index (χ1v) is 11.1. The Balaban J connectivity index is 1.78. The van der Waals surface area contributed by atoms with E-state index in [1.54, 1.807) is 0 Å². The predicted octanol–water partition coefficient (Wildman–Crippen LogP) is 7.65. The summed E-state index contributed by atoms with van der Waals surface area (Å²) in [6.07, 6.45) is 6.83. The summed E-state index contributed by atoms with van der Waals surface area (Å²) in [6.45, 7) is 11.1. The molecule has 1 saturated carbocycles. The minimum atomic E-state index is 0.476. The Hall–Kier alpha value is -2.09. The minimum Gasteiger partial charge on any atom is -0.354 e. The quantitative estimate of drug-likeness (QED) is 0.499. The van der Waals surface area contributed by atoms with Crippen LogP contribution in [0.15, 0.2) is 30.3 Å². The number of aromatic nitrogens is 2. The standard InChI is InChI=1S/C26H34N2/c1-6-19-7-9-20(10-8-19)21-11-12-24-23(15-21)25(16(2)3)26(28-24)22-13-17(4)27-18(5)14-22/h11-16,19-20,28H,6-10H2,1-5H3. The van der Waals surface area contributed by atoms with Gasteiger partial charge >= 0.3 is 0 Å². The van der Waals surface area contributed by atoms with Gasteiger partial charge in [0.05, 0.1) is 5.69 Å². The van der Waals surface area contributed by atoms with Gasteiger partial charge in [0, 0.05) is 27.9 Å². The van der Waals surface area contributed by atoms with Crippen LogP contribution in [0.25, 0.3) is 22.2 Å². The third-order valence-corrected chi connectivity index (χ3v) is 6.71. The first-order valence-electron chi connectivity index (χ1n) is 11.1. The van der Waals surface area contributed by atoms with Crippen LogP contribution in [0.2, 0.25) is 0 Å². The van der Waals surface area contributed by atoms with Gasteiger partial charge in [0.15, 0.2) is 0 Å². The highest BCUT2D eigenvalue weighted by Gasteiger charge is 2.23. The second-order valence-electron chi connectivity index (χ2n) is 9.14. The molecule has 0 aliphatic heterocycles. The molecule has 2 heteroatoms. The highest BCUT2D eigenvalue weighted by atomic mass is 14.7. The number of hydrogen-bond donors (Lipinski definition) is 1. The van der Waals surface area contributed by atoms with Crippen molar-refractivity contribution in [2.75, 3.05) is 0 Å². The molecule has 0 amide bonds. The van der Waals surface area contributed by atoms with E-state index in [1.165, 1.54) is 65.4 Å². The van der Waals surface area contributed by atoms with E-state index in [0.717, 1.165) is 23.2 Å². The van der Waals surface area contributed by atoms with Crippen molar-refractivity contribution in [1.82, 2.24) is 9.97 Å². The van der Waals surface area contributed by atoms with Gasteiger partial charge in [-0.3, -0.25) is 4.98 Å². The van der Waals surface area contributed by atoms with Gasteiger partial charge < -0.3 is 4.98 Å². The second kappa shape index (κ2) is 7.73. The molecule has 0 unspecified atom stereocenters. The summed E-state index contributed by atoms with van der Waals surface area (Å²) in [5.74, 6) is 2.16. The lowest BCUT2D eigenvalue weighted by molar-refractivity contribution is 0.319. The van der Waals surface area contributed by atoms with E-state index < -0.39 is 0 Å². The fourth-order valence-electron chi connectivity index (χ4n) is 5.19. The lowest BCUT2D eigenvalue weighted by atomic mass is 9.77. The molecule has 1 aromatic carbocycles. The molecule has 1 N–H and O–H groups in total. The smallest absolute Gasteiger partial charge is 0.0501 e. The van der Waals surface area contributed by atoms with Crippen LogP contribution in [-0.4, -0.2) is 9.97 Å². The van der Waals surface area contributed by atoms with Gasteiger partial charge in [-0.1, -0.05) is 33.3 Å². The summed E-state index contributed by atoms with van der Waals surface area (Å²) >= 11 is 0. The van der Waals surface area contributed by atoms with Crippen molar-refractivity contribution in [1.29, 1.82) is 0 Å². The third-order valence-electron chi connectivity index (χ3n) is 6.71. The Morgan fingerprint density at radius 3 is 2.29 bits per heavy atom. The Morgan fingerprint density at radius 2 is 1.68 bits per heavy atom. The highest BCUT2D eigenvalue weighted by Crippen LogP contribution is 2.41. The zero-order valence-corrected chi connectivity index (χ0v) is 18.1. The fourth-order valence-corrected chi connectivity index (χ4v) is 5.19. The van der Waals surface area contributed by atoms with E-state index in [9.17, 15) is 0 Å². The number of nitrogens with zero attached hydrogens (tertiary/aromatic N) is 1. The first kappa shape index (κ1) is 19.2. The Labute approximate surface area is 169 Å². The van der Waals surface area contributed by atoms with Crippen LogP contribution < -0.4 is 0 Å². The molecule has 2 aromatic heterocycles. The Morgan fingerprint density at radius 1 is 1.00 bits per heavy atom. The summed E-state index contributed by atoms with van der Waals surface area (Å²) in [7, 11) is 0. The monoisotopic (exact) mass is 374 g/mol. The highest BCUT2D eigenvalue weighted by molar-refractivity contribution is 5.92. The summed E-state index contributed by atoms with van der Waals surface area (Å²) < 4.78 is 0. The molecule has 1 aliphatic carbocycles. The van der Waals surface area contributed by atoms with Crippen LogP contribution in [0, 0.1) is 19.8 Å². The summed E-state index contributed by atoms with van der Waals surface area (Å²) in [6, 6.07) is 11.6. The number of nitrogens with one attached hydrogen (secondary N) is 1. The minimum absolute atomic E-state index is 0.476. The average Bonchev–Trinajstić information content (AvgIpc) is 3.06. The van der Waals surface area contributed by atoms with Crippen molar-refractivity contribution in [2.45, 2.75) is 78.6 Å². The van der Waals surface area contributed by atoms with E-state index in [-0.39, 0.29) is 0 Å². The molecule has 28 heavy (non-hydrogen) atoms. The normalized spacial score (nSPS) is 20.2. The lowest BCUT2D eigenvalue weighted by Gasteiger charge is -2.28. The van der Waals surface area contributed by atoms with Gasteiger partial charge in [-0.15, -0.1) is 0 Å². The van der Waals surface area contributed by atoms with Crippen LogP contribution >= 0.6 is 0 Å². The largest absolute Gasteiger partial charge is 0.354 e. The van der Waals surface area contributed by atoms with Crippen LogP contribution in [0.1, 0.15) is 87.2 Å². The molecule has 3 aromatic rings. The van der Waals surface area contributed by atoms with E-state index >= 15 is 0 Å². The van der Waals surface area contributed by atoms with Crippen molar-refractivity contribution in [2.24, 2.45) is 5.92 Å². The number of rotatable bonds is 4. The van der Waals surface area contributed by atoms with E-state index in [4.69, 9.17) is 0 Å². The number of benzene rings is 1. The molecule has 0 radical (unpaired) electrons. The summed E-state index contributed by atoms with van der Waals surface area (Å²) in [4.78, 5) is 8.30. The molecule has 0 atom stereocenters. The molecule has 2 nitrogen and oxygen atoms in total. The van der Waals surface area contributed by atoms with Crippen LogP contribution in [0.4, 0.5) is 0 Å². The van der Waals surface area contributed by atoms with Gasteiger partial charge in [-0.25, -0.2) is 0 Å². The van der Waals surface area contributed by atoms with Crippen LogP contribution in [-0.2, 0) is 0 Å². The number of aromatic amines is 1. The second-order valence-corrected chi connectivity index (χ2v) is 9.14. The zero-order chi connectivity index (χ0) is 19.8. The summed E-state index contributed by atoms with van der Waals surface area (Å²) in [5.41, 5.74) is 8.94. The number of aryl methyl sites for hydroxylation is 2. The van der Waals surface area contributed by atoms with Gasteiger partial charge in [-0.05, 0) is 92.7 Å². The summed E-state index contributed by atoms with van der Waals surface area (Å²) in [5, 5.41) is 1.41. The van der Waals surface area contributed by atoms with Gasteiger partial charge in [0.2, 0.25) is 0 Å². The van der Waals surface area contributed by atoms with Crippen molar-refractivity contribution in [3.05, 3.63) is 52.8 Å². The van der Waals surface area contributed by atoms with Gasteiger partial charge in [-0.2, -0.15) is 0 Å². The van der Waals surface area contributed by atoms with E-state index in [2.05, 4.69) is 74.9 Å². The van der Waals surface area contributed by atoms with Crippen LogP contribution in [0.3, 0.4) is 0 Å². The maximum absolute atomic E-state index is 4.56. The molecule has 0 spiro atoms. The Bertz CT molecular complexity index is 951. The number of fused-ring (bicyclic) bond motifs is 1. The van der Waals surface area contributed by atoms with E-state index in [0.29, 0.717) is 5.92 Å². The number of H-pyrrole nitrogens is 1. The van der Waals surface area contributed by atoms with Crippen LogP contribution in [0.5, 0.6) is 0 Å². The molecule has 1 fully saturated rings. The van der Waals surface area contributed by atoms with Gasteiger partial charge in [0.1, 0.15) is 0 Å². The van der Waals surface area contributed by atoms with Crippen molar-refractivity contribution in [3.63, 3.8) is 0 Å². The zero-order valence-electron chi connectivity index (χ0n) is 18.1. The van der Waals surface area contributed by atoms with E-state index in [1.807, 2.05) is 0 Å². The topological polar surface area (TPSA) is 28.7 Å². The molecule has 1 aliphatic rings. The number of hydrogen-bond acceptors (Lipinski definition) is 1. The maximum atomic E-state index is 4.56. The molecular weight excluding hydrogens is 340 g/mol. The fraction of sp³-hybridized carbons (Fsp3) is 0.500. The van der Waals surface area contributed by atoms with Crippen molar-refractivity contribution < 1.29 is 0 Å². The molecule has 148 valence electrons. The SMILES string of the molecule is CCC1CCC(c2ccc3[nH]c(-c4cc(C)nc(C)c4)c(C(C)C)c3c2)CC1. The lowest BCUT2D eigenvalue weighted by Crippen LogP contribution is -2.12. The first-order chi connectivity index (χ1) is 13.5. The molecule has 0 bridgehead atoms. The van der Waals surface area contributed by atoms with Crippen molar-refractivity contribution >= 4 is 10.9 Å². The molecule has 2 heterocycles. The number of pyridine rings is 1. The van der Waals surface area contributed by atoms with Crippen molar-refractivity contribution in [3.8, 4) is 11.3 Å². The molecule has 4 rings (SSSR count). The van der Waals surface area contributed by atoms with Gasteiger partial charge in [0.25, 0.3) is 0 Å².